The van der Waals surface area contributed by atoms with Crippen LogP contribution in [0.15, 0.2) is 78.0 Å². The molecule has 5 rings (SSSR count). The number of amides is 1. The van der Waals surface area contributed by atoms with Crippen LogP contribution in [-0.2, 0) is 4.79 Å². The molecule has 1 aliphatic heterocycles. The molecule has 0 radical (unpaired) electrons. The van der Waals surface area contributed by atoms with Gasteiger partial charge in [0.2, 0.25) is 5.95 Å². The molecule has 10 heteroatoms. The van der Waals surface area contributed by atoms with Crippen LogP contribution in [0.2, 0.25) is 10.0 Å². The summed E-state index contributed by atoms with van der Waals surface area (Å²) in [6.07, 6.45) is 0. The average Bonchev–Trinajstić information content (AvgIpc) is 3.33. The van der Waals surface area contributed by atoms with E-state index in [2.05, 4.69) is 10.6 Å². The van der Waals surface area contributed by atoms with Crippen LogP contribution >= 0.6 is 23.2 Å². The number of benzene rings is 3. The van der Waals surface area contributed by atoms with Gasteiger partial charge in [-0.15, -0.1) is 5.10 Å². The zero-order valence-corrected chi connectivity index (χ0v) is 21.8. The van der Waals surface area contributed by atoms with Gasteiger partial charge >= 0.3 is 0 Å². The van der Waals surface area contributed by atoms with E-state index in [1.54, 1.807) is 43.2 Å². The number of aromatic nitrogens is 3. The minimum absolute atomic E-state index is 0.326. The molecule has 8 nitrogen and oxygen atoms in total. The van der Waals surface area contributed by atoms with E-state index in [0.717, 1.165) is 0 Å². The molecule has 37 heavy (non-hydrogen) atoms. The highest BCUT2D eigenvalue weighted by Crippen LogP contribution is 2.42. The monoisotopic (exact) mass is 535 g/mol. The van der Waals surface area contributed by atoms with E-state index in [1.807, 2.05) is 49.4 Å². The maximum absolute atomic E-state index is 13.8. The lowest BCUT2D eigenvalue weighted by atomic mass is 9.95. The molecule has 3 aromatic carbocycles. The van der Waals surface area contributed by atoms with E-state index in [1.165, 1.54) is 0 Å². The van der Waals surface area contributed by atoms with Gasteiger partial charge in [-0.2, -0.15) is 4.98 Å². The minimum Gasteiger partial charge on any atom is -0.496 e. The zero-order valence-electron chi connectivity index (χ0n) is 20.3. The third kappa shape index (κ3) is 4.50. The molecular weight excluding hydrogens is 513 g/mol. The fraction of sp³-hybridized carbons (Fsp3) is 0.148. The summed E-state index contributed by atoms with van der Waals surface area (Å²) >= 11 is 13.1. The van der Waals surface area contributed by atoms with Gasteiger partial charge in [0.25, 0.3) is 5.91 Å². The fourth-order valence-electron chi connectivity index (χ4n) is 4.35. The first-order valence-corrected chi connectivity index (χ1v) is 12.1. The van der Waals surface area contributed by atoms with Gasteiger partial charge in [-0.1, -0.05) is 59.6 Å². The molecular formula is C27H23Cl2N5O3. The number of ether oxygens (including phenoxy) is 2. The second-order valence-electron chi connectivity index (χ2n) is 8.27. The molecule has 2 heterocycles. The summed E-state index contributed by atoms with van der Waals surface area (Å²) in [5, 5.41) is 11.7. The van der Waals surface area contributed by atoms with Crippen molar-refractivity contribution >= 4 is 40.7 Å². The molecule has 1 atom stereocenters. The number of para-hydroxylation sites is 3. The van der Waals surface area contributed by atoms with E-state index < -0.39 is 6.04 Å². The molecule has 188 valence electrons. The van der Waals surface area contributed by atoms with Gasteiger partial charge in [-0.05, 0) is 37.3 Å². The molecule has 2 N–H and O–H groups in total. The Kier molecular flexibility index (Phi) is 6.78. The Morgan fingerprint density at radius 3 is 2.43 bits per heavy atom. The third-order valence-electron chi connectivity index (χ3n) is 6.08. The van der Waals surface area contributed by atoms with Crippen molar-refractivity contribution in [3.8, 4) is 22.9 Å². The molecule has 0 bridgehead atoms. The lowest BCUT2D eigenvalue weighted by molar-refractivity contribution is -0.113. The van der Waals surface area contributed by atoms with Gasteiger partial charge in [-0.25, -0.2) is 4.68 Å². The second kappa shape index (κ2) is 10.2. The van der Waals surface area contributed by atoms with Crippen LogP contribution in [0.3, 0.4) is 0 Å². The standard InChI is InChI=1S/C27H23Cl2N5O3/c1-15-22(26(35)31-19-12-5-7-14-21(19)37-3)24(17-10-8-11-18(28)23(17)29)34-27(30-15)32-25(33-34)16-9-4-6-13-20(16)36-2/h4-14,24H,1-3H3,(H,31,35)(H,30,32,33). The van der Waals surface area contributed by atoms with Crippen LogP contribution in [0.5, 0.6) is 11.5 Å². The number of fused-ring (bicyclic) bond motifs is 1. The number of methoxy groups -OCH3 is 2. The maximum atomic E-state index is 13.8. The zero-order chi connectivity index (χ0) is 26.1. The Hall–Kier alpha value is -4.01. The van der Waals surface area contributed by atoms with Crippen molar-refractivity contribution in [2.75, 3.05) is 24.9 Å². The molecule has 1 amide bonds. The molecule has 0 saturated carbocycles. The van der Waals surface area contributed by atoms with E-state index in [9.17, 15) is 4.79 Å². The predicted molar refractivity (Wildman–Crippen MR) is 145 cm³/mol. The number of carbonyl (C=O) groups is 1. The lowest BCUT2D eigenvalue weighted by Crippen LogP contribution is -2.31. The first-order valence-electron chi connectivity index (χ1n) is 11.4. The van der Waals surface area contributed by atoms with Crippen molar-refractivity contribution in [2.24, 2.45) is 0 Å². The summed E-state index contributed by atoms with van der Waals surface area (Å²) in [7, 11) is 3.14. The molecule has 4 aromatic rings. The summed E-state index contributed by atoms with van der Waals surface area (Å²) in [4.78, 5) is 18.5. The van der Waals surface area contributed by atoms with Crippen molar-refractivity contribution in [3.63, 3.8) is 0 Å². The minimum atomic E-state index is -0.715. The predicted octanol–water partition coefficient (Wildman–Crippen LogP) is 6.20. The molecule has 1 aromatic heterocycles. The normalized spacial score (nSPS) is 14.6. The largest absolute Gasteiger partial charge is 0.496 e. The number of rotatable bonds is 6. The summed E-state index contributed by atoms with van der Waals surface area (Å²) in [5.41, 5.74) is 2.85. The van der Waals surface area contributed by atoms with Crippen LogP contribution < -0.4 is 20.1 Å². The summed E-state index contributed by atoms with van der Waals surface area (Å²) < 4.78 is 12.6. The molecule has 1 aliphatic rings. The maximum Gasteiger partial charge on any atom is 0.255 e. The van der Waals surface area contributed by atoms with E-state index >= 15 is 0 Å². The Labute approximate surface area is 223 Å². The molecule has 1 unspecified atom stereocenters. The molecule has 0 saturated heterocycles. The van der Waals surface area contributed by atoms with Crippen LogP contribution in [0.25, 0.3) is 11.4 Å². The first-order chi connectivity index (χ1) is 17.9. The molecule has 0 aliphatic carbocycles. The lowest BCUT2D eigenvalue weighted by Gasteiger charge is -2.29. The van der Waals surface area contributed by atoms with E-state index in [0.29, 0.717) is 61.4 Å². The second-order valence-corrected chi connectivity index (χ2v) is 9.05. The number of nitrogens with one attached hydrogen (secondary N) is 2. The highest BCUT2D eigenvalue weighted by molar-refractivity contribution is 6.42. The number of carbonyl (C=O) groups excluding carboxylic acids is 1. The number of nitrogens with zero attached hydrogens (tertiary/aromatic N) is 3. The topological polar surface area (TPSA) is 90.3 Å². The number of hydrogen-bond donors (Lipinski definition) is 2. The van der Waals surface area contributed by atoms with Gasteiger partial charge in [0.1, 0.15) is 17.5 Å². The first kappa shape index (κ1) is 24.7. The van der Waals surface area contributed by atoms with Gasteiger partial charge in [0.15, 0.2) is 5.82 Å². The van der Waals surface area contributed by atoms with Crippen LogP contribution in [0, 0.1) is 0 Å². The third-order valence-corrected chi connectivity index (χ3v) is 6.91. The number of halogens is 2. The van der Waals surface area contributed by atoms with Crippen LogP contribution in [0.1, 0.15) is 18.5 Å². The van der Waals surface area contributed by atoms with Gasteiger partial charge in [0.05, 0.1) is 41.1 Å². The number of allylic oxidation sites excluding steroid dienone is 1. The summed E-state index contributed by atoms with van der Waals surface area (Å²) in [6, 6.07) is 19.2. The van der Waals surface area contributed by atoms with Gasteiger partial charge < -0.3 is 20.1 Å². The molecule has 0 fully saturated rings. The fourth-order valence-corrected chi connectivity index (χ4v) is 4.76. The summed E-state index contributed by atoms with van der Waals surface area (Å²) in [5.74, 6) is 1.70. The number of hydrogen-bond acceptors (Lipinski definition) is 6. The highest BCUT2D eigenvalue weighted by Gasteiger charge is 2.36. The Balaban J connectivity index is 1.65. The van der Waals surface area contributed by atoms with Crippen molar-refractivity contribution in [1.29, 1.82) is 0 Å². The van der Waals surface area contributed by atoms with Crippen LogP contribution in [0.4, 0.5) is 11.6 Å². The van der Waals surface area contributed by atoms with Crippen molar-refractivity contribution < 1.29 is 14.3 Å². The van der Waals surface area contributed by atoms with Crippen molar-refractivity contribution in [1.82, 2.24) is 14.8 Å². The van der Waals surface area contributed by atoms with Gasteiger partial charge in [-0.3, -0.25) is 4.79 Å². The van der Waals surface area contributed by atoms with E-state index in [4.69, 9.17) is 42.8 Å². The van der Waals surface area contributed by atoms with Crippen LogP contribution in [-0.4, -0.2) is 34.9 Å². The molecule has 0 spiro atoms. The smallest absolute Gasteiger partial charge is 0.255 e. The van der Waals surface area contributed by atoms with Gasteiger partial charge in [0, 0.05) is 11.3 Å². The SMILES string of the molecule is COc1ccccc1NC(=O)C1=C(C)Nc2nc(-c3ccccc3OC)nn2C1c1cccc(Cl)c1Cl. The van der Waals surface area contributed by atoms with Crippen molar-refractivity contribution in [3.05, 3.63) is 93.6 Å². The van der Waals surface area contributed by atoms with Crippen molar-refractivity contribution in [2.45, 2.75) is 13.0 Å². The average molecular weight is 536 g/mol. The number of anilines is 2. The Bertz CT molecular complexity index is 1530. The van der Waals surface area contributed by atoms with E-state index in [-0.39, 0.29) is 5.91 Å². The quantitative estimate of drug-likeness (QED) is 0.305. The Morgan fingerprint density at radius 2 is 1.68 bits per heavy atom. The highest BCUT2D eigenvalue weighted by atomic mass is 35.5. The summed E-state index contributed by atoms with van der Waals surface area (Å²) in [6.45, 7) is 1.81. The Morgan fingerprint density at radius 1 is 0.973 bits per heavy atom.